The van der Waals surface area contributed by atoms with E-state index in [1.807, 2.05) is 37.3 Å². The molecule has 1 fully saturated rings. The maximum atomic E-state index is 12.6. The molecule has 1 aromatic carbocycles. The fraction of sp³-hybridized carbons (Fsp3) is 0.500. The van der Waals surface area contributed by atoms with Gasteiger partial charge in [0.1, 0.15) is 0 Å². The molecule has 0 aliphatic carbocycles. The summed E-state index contributed by atoms with van der Waals surface area (Å²) in [6.45, 7) is 2.81. The third-order valence-electron chi connectivity index (χ3n) is 4.17. The van der Waals surface area contributed by atoms with E-state index in [0.717, 1.165) is 24.9 Å². The SMILES string of the molecule is CCC1(C(=O)NC(CC(=O)O)c2ccccc2)CCCN1. The minimum Gasteiger partial charge on any atom is -0.481 e. The number of nitrogens with one attached hydrogen (secondary N) is 2. The maximum Gasteiger partial charge on any atom is 0.305 e. The summed E-state index contributed by atoms with van der Waals surface area (Å²) < 4.78 is 0. The summed E-state index contributed by atoms with van der Waals surface area (Å²) in [6.07, 6.45) is 2.35. The molecule has 0 spiro atoms. The molecule has 1 aliphatic rings. The lowest BCUT2D eigenvalue weighted by Gasteiger charge is -2.29. The van der Waals surface area contributed by atoms with Crippen LogP contribution in [-0.2, 0) is 9.59 Å². The van der Waals surface area contributed by atoms with Crippen molar-refractivity contribution in [2.24, 2.45) is 0 Å². The van der Waals surface area contributed by atoms with Crippen molar-refractivity contribution >= 4 is 11.9 Å². The first-order valence-corrected chi connectivity index (χ1v) is 7.40. The monoisotopic (exact) mass is 290 g/mol. The van der Waals surface area contributed by atoms with Crippen LogP contribution in [0.3, 0.4) is 0 Å². The van der Waals surface area contributed by atoms with E-state index in [4.69, 9.17) is 5.11 Å². The lowest BCUT2D eigenvalue weighted by Crippen LogP contribution is -2.53. The molecule has 2 rings (SSSR count). The molecule has 0 aromatic heterocycles. The molecule has 1 saturated heterocycles. The van der Waals surface area contributed by atoms with Gasteiger partial charge in [0.2, 0.25) is 5.91 Å². The van der Waals surface area contributed by atoms with Crippen molar-refractivity contribution in [2.75, 3.05) is 6.54 Å². The Morgan fingerprint density at radius 1 is 1.38 bits per heavy atom. The van der Waals surface area contributed by atoms with Crippen LogP contribution < -0.4 is 10.6 Å². The van der Waals surface area contributed by atoms with Crippen molar-refractivity contribution in [3.05, 3.63) is 35.9 Å². The van der Waals surface area contributed by atoms with Crippen LogP contribution in [0.25, 0.3) is 0 Å². The minimum absolute atomic E-state index is 0.0994. The maximum absolute atomic E-state index is 12.6. The normalized spacial score (nSPS) is 22.7. The van der Waals surface area contributed by atoms with Gasteiger partial charge < -0.3 is 15.7 Å². The molecule has 0 bridgehead atoms. The Hall–Kier alpha value is -1.88. The molecule has 1 amide bonds. The van der Waals surface area contributed by atoms with E-state index in [-0.39, 0.29) is 12.3 Å². The largest absolute Gasteiger partial charge is 0.481 e. The van der Waals surface area contributed by atoms with Crippen LogP contribution >= 0.6 is 0 Å². The van der Waals surface area contributed by atoms with Crippen LogP contribution in [-0.4, -0.2) is 29.1 Å². The third kappa shape index (κ3) is 3.61. The summed E-state index contributed by atoms with van der Waals surface area (Å²) in [5.41, 5.74) is 0.267. The quantitative estimate of drug-likeness (QED) is 0.747. The number of amides is 1. The van der Waals surface area contributed by atoms with Gasteiger partial charge in [0.05, 0.1) is 18.0 Å². The number of benzene rings is 1. The Labute approximate surface area is 124 Å². The van der Waals surface area contributed by atoms with Crippen LogP contribution in [0.2, 0.25) is 0 Å². The van der Waals surface area contributed by atoms with E-state index in [2.05, 4.69) is 10.6 Å². The fourth-order valence-corrected chi connectivity index (χ4v) is 2.87. The minimum atomic E-state index is -0.922. The summed E-state index contributed by atoms with van der Waals surface area (Å²) in [5, 5.41) is 15.3. The van der Waals surface area contributed by atoms with Crippen molar-refractivity contribution in [1.29, 1.82) is 0 Å². The number of rotatable bonds is 6. The molecule has 1 aromatic rings. The van der Waals surface area contributed by atoms with Gasteiger partial charge in [0.15, 0.2) is 0 Å². The average molecular weight is 290 g/mol. The molecule has 2 unspecified atom stereocenters. The molecule has 5 heteroatoms. The number of hydrogen-bond acceptors (Lipinski definition) is 3. The Bertz CT molecular complexity index is 496. The van der Waals surface area contributed by atoms with Crippen LogP contribution in [0.1, 0.15) is 44.2 Å². The molecule has 1 heterocycles. The predicted molar refractivity (Wildman–Crippen MR) is 79.8 cm³/mol. The van der Waals surface area contributed by atoms with Gasteiger partial charge >= 0.3 is 5.97 Å². The van der Waals surface area contributed by atoms with E-state index < -0.39 is 17.6 Å². The van der Waals surface area contributed by atoms with Crippen LogP contribution in [0.15, 0.2) is 30.3 Å². The van der Waals surface area contributed by atoms with Gasteiger partial charge in [0, 0.05) is 0 Å². The molecular formula is C16H22N2O3. The summed E-state index contributed by atoms with van der Waals surface area (Å²) in [7, 11) is 0. The van der Waals surface area contributed by atoms with Crippen LogP contribution in [0.4, 0.5) is 0 Å². The second kappa shape index (κ2) is 6.72. The first kappa shape index (κ1) is 15.5. The average Bonchev–Trinajstić information content (AvgIpc) is 2.97. The molecule has 2 atom stereocenters. The topological polar surface area (TPSA) is 78.4 Å². The first-order chi connectivity index (χ1) is 10.1. The molecule has 5 nitrogen and oxygen atoms in total. The zero-order valence-electron chi connectivity index (χ0n) is 12.3. The molecule has 114 valence electrons. The van der Waals surface area contributed by atoms with Gasteiger partial charge in [-0.3, -0.25) is 9.59 Å². The van der Waals surface area contributed by atoms with Gasteiger partial charge in [0.25, 0.3) is 0 Å². The predicted octanol–water partition coefficient (Wildman–Crippen LogP) is 1.85. The number of carbonyl (C=O) groups excluding carboxylic acids is 1. The Morgan fingerprint density at radius 2 is 2.10 bits per heavy atom. The number of carboxylic acid groups (broad SMARTS) is 1. The second-order valence-corrected chi connectivity index (χ2v) is 5.50. The van der Waals surface area contributed by atoms with Crippen molar-refractivity contribution in [1.82, 2.24) is 10.6 Å². The summed E-state index contributed by atoms with van der Waals surface area (Å²) in [5.74, 6) is -1.02. The smallest absolute Gasteiger partial charge is 0.305 e. The van der Waals surface area contributed by atoms with Crippen molar-refractivity contribution in [3.8, 4) is 0 Å². The fourth-order valence-electron chi connectivity index (χ4n) is 2.87. The molecule has 21 heavy (non-hydrogen) atoms. The third-order valence-corrected chi connectivity index (χ3v) is 4.17. The Balaban J connectivity index is 2.15. The highest BCUT2D eigenvalue weighted by molar-refractivity contribution is 5.87. The number of carbonyl (C=O) groups is 2. The standard InChI is InChI=1S/C16H22N2O3/c1-2-16(9-6-10-17-16)15(21)18-13(11-14(19)20)12-7-4-3-5-8-12/h3-5,7-8,13,17H,2,6,9-11H2,1H3,(H,18,21)(H,19,20). The number of aliphatic carboxylic acids is 1. The van der Waals surface area contributed by atoms with Crippen LogP contribution in [0.5, 0.6) is 0 Å². The highest BCUT2D eigenvalue weighted by atomic mass is 16.4. The van der Waals surface area contributed by atoms with E-state index >= 15 is 0 Å². The van der Waals surface area contributed by atoms with Crippen molar-refractivity contribution < 1.29 is 14.7 Å². The zero-order chi connectivity index (χ0) is 15.3. The molecule has 0 radical (unpaired) electrons. The number of carboxylic acids is 1. The van der Waals surface area contributed by atoms with Gasteiger partial charge in [-0.05, 0) is 31.4 Å². The highest BCUT2D eigenvalue weighted by Crippen LogP contribution is 2.25. The van der Waals surface area contributed by atoms with Gasteiger partial charge in [-0.1, -0.05) is 37.3 Å². The lowest BCUT2D eigenvalue weighted by atomic mass is 9.92. The van der Waals surface area contributed by atoms with Gasteiger partial charge in [-0.15, -0.1) is 0 Å². The first-order valence-electron chi connectivity index (χ1n) is 7.40. The van der Waals surface area contributed by atoms with Crippen LogP contribution in [0, 0.1) is 0 Å². The Morgan fingerprint density at radius 3 is 2.62 bits per heavy atom. The van der Waals surface area contributed by atoms with Gasteiger partial charge in [-0.2, -0.15) is 0 Å². The summed E-state index contributed by atoms with van der Waals surface area (Å²) in [4.78, 5) is 23.7. The molecule has 3 N–H and O–H groups in total. The van der Waals surface area contributed by atoms with E-state index in [1.54, 1.807) is 0 Å². The zero-order valence-corrected chi connectivity index (χ0v) is 12.3. The molecule has 0 saturated carbocycles. The van der Waals surface area contributed by atoms with E-state index in [9.17, 15) is 9.59 Å². The summed E-state index contributed by atoms with van der Waals surface area (Å²) >= 11 is 0. The van der Waals surface area contributed by atoms with E-state index in [1.165, 1.54) is 0 Å². The van der Waals surface area contributed by atoms with Crippen molar-refractivity contribution in [2.45, 2.75) is 44.2 Å². The van der Waals surface area contributed by atoms with E-state index in [0.29, 0.717) is 6.42 Å². The Kier molecular flexibility index (Phi) is 4.96. The summed E-state index contributed by atoms with van der Waals surface area (Å²) in [6, 6.07) is 8.75. The number of hydrogen-bond donors (Lipinski definition) is 3. The van der Waals surface area contributed by atoms with Crippen molar-refractivity contribution in [3.63, 3.8) is 0 Å². The lowest BCUT2D eigenvalue weighted by molar-refractivity contribution is -0.138. The second-order valence-electron chi connectivity index (χ2n) is 5.50. The molecular weight excluding hydrogens is 268 g/mol. The van der Waals surface area contributed by atoms with Gasteiger partial charge in [-0.25, -0.2) is 0 Å². The molecule has 1 aliphatic heterocycles. The highest BCUT2D eigenvalue weighted by Gasteiger charge is 2.40.